The van der Waals surface area contributed by atoms with E-state index in [0.29, 0.717) is 18.8 Å². The van der Waals surface area contributed by atoms with Gasteiger partial charge in [0.1, 0.15) is 11.0 Å². The van der Waals surface area contributed by atoms with Crippen molar-refractivity contribution in [1.82, 2.24) is 14.9 Å². The van der Waals surface area contributed by atoms with Crippen molar-refractivity contribution in [2.45, 2.75) is 46.2 Å². The largest absolute Gasteiger partial charge is 0.354 e. The molecule has 0 aromatic carbocycles. The molecule has 0 unspecified atom stereocenters. The number of carbonyl (C=O) groups excluding carboxylic acids is 1. The van der Waals surface area contributed by atoms with Crippen LogP contribution in [0.1, 0.15) is 33.0 Å². The van der Waals surface area contributed by atoms with E-state index < -0.39 is 0 Å². The second-order valence-corrected chi connectivity index (χ2v) is 4.70. The van der Waals surface area contributed by atoms with Gasteiger partial charge in [0.2, 0.25) is 5.91 Å². The third-order valence-electron chi connectivity index (χ3n) is 2.38. The third kappa shape index (κ3) is 4.14. The van der Waals surface area contributed by atoms with Gasteiger partial charge in [-0.2, -0.15) is 0 Å². The van der Waals surface area contributed by atoms with Crippen LogP contribution in [0.2, 0.25) is 5.15 Å². The number of halogens is 1. The minimum absolute atomic E-state index is 0.0751. The Morgan fingerprint density at radius 1 is 1.56 bits per heavy atom. The second kappa shape index (κ2) is 6.54. The Morgan fingerprint density at radius 2 is 2.22 bits per heavy atom. The van der Waals surface area contributed by atoms with Gasteiger partial charge in [0, 0.05) is 31.5 Å². The molecule has 1 rings (SSSR count). The summed E-state index contributed by atoms with van der Waals surface area (Å²) in [6.07, 6.45) is 0.857. The Kier molecular flexibility index (Phi) is 5.34. The van der Waals surface area contributed by atoms with Crippen molar-refractivity contribution in [3.63, 3.8) is 0 Å². The van der Waals surface area contributed by atoms with Gasteiger partial charge in [0.05, 0.1) is 0 Å². The Labute approximate surface area is 111 Å². The number of rotatable bonds is 5. The summed E-state index contributed by atoms with van der Waals surface area (Å²) in [7, 11) is 0. The summed E-state index contributed by atoms with van der Waals surface area (Å²) in [5.41, 5.74) is -0.218. The highest BCUT2D eigenvalue weighted by molar-refractivity contribution is 6.29. The van der Waals surface area contributed by atoms with Crippen LogP contribution in [0.5, 0.6) is 0 Å². The zero-order chi connectivity index (χ0) is 13.7. The monoisotopic (exact) mass is 271 g/mol. The van der Waals surface area contributed by atoms with Gasteiger partial charge in [-0.1, -0.05) is 18.5 Å². The molecule has 1 amide bonds. The number of carbonyl (C=O) groups is 1. The number of aryl methyl sites for hydroxylation is 1. The highest BCUT2D eigenvalue weighted by atomic mass is 35.5. The molecule has 6 heteroatoms. The maximum Gasteiger partial charge on any atom is 0.254 e. The van der Waals surface area contributed by atoms with Gasteiger partial charge < -0.3 is 5.32 Å². The Bertz CT molecular complexity index is 483. The van der Waals surface area contributed by atoms with Crippen LogP contribution in [-0.4, -0.2) is 21.5 Å². The molecule has 0 bridgehead atoms. The summed E-state index contributed by atoms with van der Waals surface area (Å²) in [6.45, 7) is 6.00. The summed E-state index contributed by atoms with van der Waals surface area (Å²) in [6, 6.07) is 1.37. The lowest BCUT2D eigenvalue weighted by Crippen LogP contribution is -2.32. The van der Waals surface area contributed by atoms with Crippen molar-refractivity contribution in [2.75, 3.05) is 0 Å². The molecular weight excluding hydrogens is 254 g/mol. The van der Waals surface area contributed by atoms with Gasteiger partial charge in [-0.3, -0.25) is 14.2 Å². The van der Waals surface area contributed by atoms with E-state index in [0.717, 1.165) is 0 Å². The summed E-state index contributed by atoms with van der Waals surface area (Å²) >= 11 is 5.73. The predicted molar refractivity (Wildman–Crippen MR) is 70.8 cm³/mol. The van der Waals surface area contributed by atoms with E-state index in [1.807, 2.05) is 20.8 Å². The van der Waals surface area contributed by atoms with Crippen LogP contribution in [0.3, 0.4) is 0 Å². The topological polar surface area (TPSA) is 64.0 Å². The van der Waals surface area contributed by atoms with Crippen molar-refractivity contribution in [2.24, 2.45) is 0 Å². The van der Waals surface area contributed by atoms with Crippen molar-refractivity contribution in [3.05, 3.63) is 27.4 Å². The molecule has 1 aromatic rings. The zero-order valence-electron chi connectivity index (χ0n) is 10.9. The van der Waals surface area contributed by atoms with E-state index in [-0.39, 0.29) is 29.1 Å². The van der Waals surface area contributed by atoms with E-state index >= 15 is 0 Å². The Hall–Kier alpha value is -1.36. The molecule has 18 heavy (non-hydrogen) atoms. The fourth-order valence-electron chi connectivity index (χ4n) is 1.64. The molecule has 0 fully saturated rings. The number of aromatic nitrogens is 2. The van der Waals surface area contributed by atoms with Crippen molar-refractivity contribution >= 4 is 17.5 Å². The first-order valence-electron chi connectivity index (χ1n) is 5.99. The molecule has 1 heterocycles. The molecular formula is C12H18ClN3O2. The average Bonchev–Trinajstić information content (AvgIpc) is 2.25. The molecule has 0 spiro atoms. The van der Waals surface area contributed by atoms with Crippen LogP contribution in [0.25, 0.3) is 0 Å². The maximum absolute atomic E-state index is 11.8. The molecule has 1 N–H and O–H groups in total. The molecule has 0 aliphatic heterocycles. The molecule has 1 aromatic heterocycles. The van der Waals surface area contributed by atoms with E-state index in [2.05, 4.69) is 10.3 Å². The highest BCUT2D eigenvalue weighted by Gasteiger charge is 2.09. The fourth-order valence-corrected chi connectivity index (χ4v) is 1.83. The number of hydrogen-bond donors (Lipinski definition) is 1. The molecule has 0 saturated carbocycles. The predicted octanol–water partition coefficient (Wildman–Crippen LogP) is 1.37. The van der Waals surface area contributed by atoms with E-state index in [1.165, 1.54) is 10.6 Å². The summed E-state index contributed by atoms with van der Waals surface area (Å²) in [5, 5.41) is 2.97. The van der Waals surface area contributed by atoms with Gasteiger partial charge in [0.15, 0.2) is 0 Å². The number of nitrogens with one attached hydrogen (secondary N) is 1. The quantitative estimate of drug-likeness (QED) is 0.823. The zero-order valence-corrected chi connectivity index (χ0v) is 11.6. The van der Waals surface area contributed by atoms with Gasteiger partial charge >= 0.3 is 0 Å². The van der Waals surface area contributed by atoms with Gasteiger partial charge in [0.25, 0.3) is 5.56 Å². The van der Waals surface area contributed by atoms with Crippen LogP contribution >= 0.6 is 11.6 Å². The van der Waals surface area contributed by atoms with Crippen LogP contribution < -0.4 is 10.9 Å². The van der Waals surface area contributed by atoms with E-state index in [9.17, 15) is 9.59 Å². The molecule has 0 atom stereocenters. The second-order valence-electron chi connectivity index (χ2n) is 4.31. The lowest BCUT2D eigenvalue weighted by Gasteiger charge is -2.12. The first-order chi connectivity index (χ1) is 8.43. The standard InChI is InChI=1S/C12H18ClN3O2/c1-4-10-15-9(13)7-12(18)16(10)6-5-11(17)14-8(2)3/h7-8H,4-6H2,1-3H3,(H,14,17). The smallest absolute Gasteiger partial charge is 0.254 e. The van der Waals surface area contributed by atoms with Gasteiger partial charge in [-0.15, -0.1) is 0 Å². The minimum atomic E-state index is -0.218. The SMILES string of the molecule is CCc1nc(Cl)cc(=O)n1CCC(=O)NC(C)C. The number of amides is 1. The minimum Gasteiger partial charge on any atom is -0.354 e. The summed E-state index contributed by atoms with van der Waals surface area (Å²) in [4.78, 5) is 27.4. The maximum atomic E-state index is 11.8. The Morgan fingerprint density at radius 3 is 2.78 bits per heavy atom. The van der Waals surface area contributed by atoms with Crippen molar-refractivity contribution in [3.8, 4) is 0 Å². The van der Waals surface area contributed by atoms with Crippen LogP contribution in [0, 0.1) is 0 Å². The van der Waals surface area contributed by atoms with E-state index in [1.54, 1.807) is 0 Å². The normalized spacial score (nSPS) is 10.7. The van der Waals surface area contributed by atoms with Gasteiger partial charge in [-0.05, 0) is 13.8 Å². The summed E-state index contributed by atoms with van der Waals surface area (Å²) in [5.74, 6) is 0.527. The van der Waals surface area contributed by atoms with E-state index in [4.69, 9.17) is 11.6 Å². The molecule has 0 aliphatic carbocycles. The fraction of sp³-hybridized carbons (Fsp3) is 0.583. The molecule has 0 saturated heterocycles. The first-order valence-corrected chi connectivity index (χ1v) is 6.37. The average molecular weight is 272 g/mol. The van der Waals surface area contributed by atoms with Crippen LogP contribution in [0.4, 0.5) is 0 Å². The number of hydrogen-bond acceptors (Lipinski definition) is 3. The highest BCUT2D eigenvalue weighted by Crippen LogP contribution is 2.03. The van der Waals surface area contributed by atoms with Crippen LogP contribution in [-0.2, 0) is 17.8 Å². The van der Waals surface area contributed by atoms with Gasteiger partial charge in [-0.25, -0.2) is 4.98 Å². The summed E-state index contributed by atoms with van der Waals surface area (Å²) < 4.78 is 1.49. The third-order valence-corrected chi connectivity index (χ3v) is 2.58. The Balaban J connectivity index is 2.79. The van der Waals surface area contributed by atoms with Crippen molar-refractivity contribution < 1.29 is 4.79 Å². The first kappa shape index (κ1) is 14.7. The molecule has 0 radical (unpaired) electrons. The van der Waals surface area contributed by atoms with Crippen molar-refractivity contribution in [1.29, 1.82) is 0 Å². The lowest BCUT2D eigenvalue weighted by molar-refractivity contribution is -0.121. The van der Waals surface area contributed by atoms with Crippen LogP contribution in [0.15, 0.2) is 10.9 Å². The molecule has 100 valence electrons. The lowest BCUT2D eigenvalue weighted by atomic mass is 10.3. The molecule has 5 nitrogen and oxygen atoms in total. The number of nitrogens with zero attached hydrogens (tertiary/aromatic N) is 2. The molecule has 0 aliphatic rings.